The Labute approximate surface area is 132 Å². The number of anilines is 1. The maximum Gasteiger partial charge on any atom is 0.247 e. The molecular formula is C16H13ClN2O3. The zero-order valence-electron chi connectivity index (χ0n) is 11.5. The van der Waals surface area contributed by atoms with E-state index in [0.717, 1.165) is 11.3 Å². The van der Waals surface area contributed by atoms with Crippen LogP contribution in [0.25, 0.3) is 0 Å². The second-order valence-corrected chi connectivity index (χ2v) is 5.71. The number of carbonyl (C=O) groups excluding carboxylic acids is 1. The number of halogens is 1. The second kappa shape index (κ2) is 4.90. The van der Waals surface area contributed by atoms with Gasteiger partial charge in [-0.15, -0.1) is 0 Å². The summed E-state index contributed by atoms with van der Waals surface area (Å²) in [6.07, 6.45) is 0. The van der Waals surface area contributed by atoms with E-state index >= 15 is 0 Å². The highest BCUT2D eigenvalue weighted by Crippen LogP contribution is 2.42. The molecule has 1 fully saturated rings. The Kier molecular flexibility index (Phi) is 2.99. The summed E-state index contributed by atoms with van der Waals surface area (Å²) in [5, 5.41) is 0.620. The molecule has 0 bridgehead atoms. The van der Waals surface area contributed by atoms with Gasteiger partial charge in [-0.25, -0.2) is 0 Å². The summed E-state index contributed by atoms with van der Waals surface area (Å²) >= 11 is 6.04. The number of carbonyl (C=O) groups is 1. The molecule has 2 aromatic carbocycles. The van der Waals surface area contributed by atoms with Crippen LogP contribution in [-0.2, 0) is 4.79 Å². The van der Waals surface area contributed by atoms with Crippen LogP contribution in [0.2, 0.25) is 5.02 Å². The molecule has 2 aliphatic rings. The molecule has 2 atom stereocenters. The summed E-state index contributed by atoms with van der Waals surface area (Å²) in [7, 11) is 0. The molecule has 2 N–H and O–H groups in total. The van der Waals surface area contributed by atoms with Gasteiger partial charge in [-0.05, 0) is 29.8 Å². The van der Waals surface area contributed by atoms with Crippen LogP contribution in [0.4, 0.5) is 5.69 Å². The first-order chi connectivity index (χ1) is 10.6. The molecule has 1 amide bonds. The van der Waals surface area contributed by atoms with Gasteiger partial charge in [-0.2, -0.15) is 0 Å². The summed E-state index contributed by atoms with van der Waals surface area (Å²) < 4.78 is 10.7. The number of fused-ring (bicyclic) bond motifs is 1. The minimum absolute atomic E-state index is 0.121. The Hall–Kier alpha value is -2.24. The Bertz CT molecular complexity index is 765. The van der Waals surface area contributed by atoms with Crippen molar-refractivity contribution in [3.05, 3.63) is 53.1 Å². The Morgan fingerprint density at radius 3 is 2.77 bits per heavy atom. The topological polar surface area (TPSA) is 64.8 Å². The van der Waals surface area contributed by atoms with Gasteiger partial charge in [0, 0.05) is 16.8 Å². The number of β-lactam (4-membered cyclic amide) rings is 1. The lowest BCUT2D eigenvalue weighted by Crippen LogP contribution is -2.63. The van der Waals surface area contributed by atoms with Gasteiger partial charge in [-0.1, -0.05) is 23.7 Å². The number of nitrogens with two attached hydrogens (primary N) is 1. The molecule has 4 rings (SSSR count). The lowest BCUT2D eigenvalue weighted by atomic mass is 9.88. The molecule has 5 nitrogen and oxygen atoms in total. The summed E-state index contributed by atoms with van der Waals surface area (Å²) in [5.74, 6) is 1.19. The molecule has 0 radical (unpaired) electrons. The first kappa shape index (κ1) is 13.4. The molecule has 22 heavy (non-hydrogen) atoms. The first-order valence-corrected chi connectivity index (χ1v) is 7.27. The predicted octanol–water partition coefficient (Wildman–Crippen LogP) is 2.48. The zero-order valence-corrected chi connectivity index (χ0v) is 12.3. The number of benzene rings is 2. The van der Waals surface area contributed by atoms with Crippen LogP contribution in [0.5, 0.6) is 11.5 Å². The fourth-order valence-corrected chi connectivity index (χ4v) is 3.08. The van der Waals surface area contributed by atoms with Crippen molar-refractivity contribution in [1.29, 1.82) is 0 Å². The number of rotatable bonds is 2. The van der Waals surface area contributed by atoms with Crippen LogP contribution >= 0.6 is 11.6 Å². The quantitative estimate of drug-likeness (QED) is 0.865. The van der Waals surface area contributed by atoms with Crippen LogP contribution in [0.1, 0.15) is 11.6 Å². The first-order valence-electron chi connectivity index (χ1n) is 6.89. The van der Waals surface area contributed by atoms with Crippen LogP contribution in [0.15, 0.2) is 42.5 Å². The molecule has 0 saturated carbocycles. The molecule has 0 aliphatic carbocycles. The highest BCUT2D eigenvalue weighted by molar-refractivity contribution is 6.30. The number of ether oxygens (including phenoxy) is 2. The van der Waals surface area contributed by atoms with Crippen molar-refractivity contribution < 1.29 is 14.3 Å². The third kappa shape index (κ3) is 1.94. The zero-order chi connectivity index (χ0) is 15.3. The molecule has 1 saturated heterocycles. The molecule has 0 unspecified atom stereocenters. The van der Waals surface area contributed by atoms with E-state index in [-0.39, 0.29) is 18.7 Å². The van der Waals surface area contributed by atoms with E-state index in [1.165, 1.54) is 0 Å². The highest BCUT2D eigenvalue weighted by atomic mass is 35.5. The van der Waals surface area contributed by atoms with Gasteiger partial charge in [0.15, 0.2) is 11.5 Å². The standard InChI is InChI=1S/C16H13ClN2O3/c17-10-3-1-2-9(6-10)15-14(18)16(20)19(15)11-4-5-12-13(7-11)22-8-21-12/h1-7,14-15H,8,18H2/t14-,15-/m0/s1. The van der Waals surface area contributed by atoms with Crippen molar-refractivity contribution >= 4 is 23.2 Å². The summed E-state index contributed by atoms with van der Waals surface area (Å²) in [6, 6.07) is 12.0. The summed E-state index contributed by atoms with van der Waals surface area (Å²) in [4.78, 5) is 13.9. The molecule has 0 aromatic heterocycles. The van der Waals surface area contributed by atoms with E-state index in [4.69, 9.17) is 26.8 Å². The van der Waals surface area contributed by atoms with Gasteiger partial charge < -0.3 is 20.1 Å². The average molecular weight is 317 g/mol. The van der Waals surface area contributed by atoms with Gasteiger partial charge >= 0.3 is 0 Å². The molecule has 2 aromatic rings. The van der Waals surface area contributed by atoms with Crippen LogP contribution in [0, 0.1) is 0 Å². The maximum absolute atomic E-state index is 12.2. The Balaban J connectivity index is 1.72. The van der Waals surface area contributed by atoms with Crippen molar-refractivity contribution in [3.63, 3.8) is 0 Å². The van der Waals surface area contributed by atoms with Crippen molar-refractivity contribution in [1.82, 2.24) is 0 Å². The van der Waals surface area contributed by atoms with Gasteiger partial charge in [0.1, 0.15) is 6.04 Å². The molecular weight excluding hydrogens is 304 g/mol. The molecule has 0 spiro atoms. The number of hydrogen-bond acceptors (Lipinski definition) is 4. The molecule has 2 aliphatic heterocycles. The smallest absolute Gasteiger partial charge is 0.247 e. The van der Waals surface area contributed by atoms with Gasteiger partial charge in [0.25, 0.3) is 0 Å². The average Bonchev–Trinajstić information content (AvgIpc) is 2.98. The van der Waals surface area contributed by atoms with Crippen molar-refractivity contribution in [2.75, 3.05) is 11.7 Å². The predicted molar refractivity (Wildman–Crippen MR) is 82.2 cm³/mol. The third-order valence-corrected chi connectivity index (χ3v) is 4.20. The summed E-state index contributed by atoms with van der Waals surface area (Å²) in [5.41, 5.74) is 7.65. The van der Waals surface area contributed by atoms with Crippen LogP contribution in [-0.4, -0.2) is 18.7 Å². The molecule has 2 heterocycles. The van der Waals surface area contributed by atoms with Crippen molar-refractivity contribution in [2.24, 2.45) is 5.73 Å². The molecule has 112 valence electrons. The Morgan fingerprint density at radius 2 is 1.95 bits per heavy atom. The van der Waals surface area contributed by atoms with Crippen LogP contribution < -0.4 is 20.1 Å². The fourth-order valence-electron chi connectivity index (χ4n) is 2.88. The third-order valence-electron chi connectivity index (χ3n) is 3.97. The van der Waals surface area contributed by atoms with Crippen molar-refractivity contribution in [2.45, 2.75) is 12.1 Å². The van der Waals surface area contributed by atoms with E-state index < -0.39 is 6.04 Å². The Morgan fingerprint density at radius 1 is 1.14 bits per heavy atom. The largest absolute Gasteiger partial charge is 0.454 e. The summed E-state index contributed by atoms with van der Waals surface area (Å²) in [6.45, 7) is 0.198. The number of nitrogens with zero attached hydrogens (tertiary/aromatic N) is 1. The lowest BCUT2D eigenvalue weighted by molar-refractivity contribution is -0.126. The normalized spacial score (nSPS) is 22.6. The lowest BCUT2D eigenvalue weighted by Gasteiger charge is -2.45. The maximum atomic E-state index is 12.2. The van der Waals surface area contributed by atoms with E-state index in [1.54, 1.807) is 23.1 Å². The van der Waals surface area contributed by atoms with Gasteiger partial charge in [0.2, 0.25) is 12.7 Å². The van der Waals surface area contributed by atoms with Crippen molar-refractivity contribution in [3.8, 4) is 11.5 Å². The monoisotopic (exact) mass is 316 g/mol. The molecule has 6 heteroatoms. The van der Waals surface area contributed by atoms with E-state index in [0.29, 0.717) is 16.5 Å². The minimum atomic E-state index is -0.566. The second-order valence-electron chi connectivity index (χ2n) is 5.27. The van der Waals surface area contributed by atoms with Crippen LogP contribution in [0.3, 0.4) is 0 Å². The van der Waals surface area contributed by atoms with Gasteiger partial charge in [-0.3, -0.25) is 4.79 Å². The highest BCUT2D eigenvalue weighted by Gasteiger charge is 2.47. The van der Waals surface area contributed by atoms with E-state index in [1.807, 2.05) is 24.3 Å². The number of amides is 1. The van der Waals surface area contributed by atoms with E-state index in [9.17, 15) is 4.79 Å². The minimum Gasteiger partial charge on any atom is -0.454 e. The fraction of sp³-hybridized carbons (Fsp3) is 0.188. The SMILES string of the molecule is N[C@@H]1C(=O)N(c2ccc3c(c2)OCO3)[C@H]1c1cccc(Cl)c1. The van der Waals surface area contributed by atoms with E-state index in [2.05, 4.69) is 0 Å². The van der Waals surface area contributed by atoms with Gasteiger partial charge in [0.05, 0.1) is 6.04 Å². The number of hydrogen-bond donors (Lipinski definition) is 1.